The highest BCUT2D eigenvalue weighted by atomic mass is 16.3. The Bertz CT molecular complexity index is 401. The summed E-state index contributed by atoms with van der Waals surface area (Å²) < 4.78 is 0. The predicted molar refractivity (Wildman–Crippen MR) is 78.8 cm³/mol. The van der Waals surface area contributed by atoms with Crippen molar-refractivity contribution in [3.8, 4) is 12.3 Å². The standard InChI is InChI=1S/C17H23NO/c1-2-3-9-16(14-15-7-5-4-6-8-15)18-12-10-17(19)11-13-18/h1,4-8,16-17,19H,3,9-14H2. The normalized spacial score (nSPS) is 18.9. The molecular weight excluding hydrogens is 234 g/mol. The number of nitrogens with zero attached hydrogens (tertiary/aromatic N) is 1. The smallest absolute Gasteiger partial charge is 0.0564 e. The SMILES string of the molecule is C#CCCC(Cc1ccccc1)N1CCC(O)CC1. The molecule has 1 aromatic carbocycles. The monoisotopic (exact) mass is 257 g/mol. The van der Waals surface area contributed by atoms with Crippen LogP contribution >= 0.6 is 0 Å². The lowest BCUT2D eigenvalue weighted by molar-refractivity contribution is 0.0587. The molecule has 0 amide bonds. The molecule has 1 N–H and O–H groups in total. The molecule has 1 heterocycles. The van der Waals surface area contributed by atoms with Crippen molar-refractivity contribution in [3.05, 3.63) is 35.9 Å². The van der Waals surface area contributed by atoms with Crippen LogP contribution in [0.15, 0.2) is 30.3 Å². The fraction of sp³-hybridized carbons (Fsp3) is 0.529. The third kappa shape index (κ3) is 4.38. The highest BCUT2D eigenvalue weighted by Crippen LogP contribution is 2.19. The second kappa shape index (κ2) is 7.33. The molecule has 1 aliphatic rings. The molecule has 1 saturated heterocycles. The lowest BCUT2D eigenvalue weighted by atomic mass is 9.97. The molecule has 1 aliphatic heterocycles. The van der Waals surface area contributed by atoms with Crippen molar-refractivity contribution in [1.82, 2.24) is 4.90 Å². The van der Waals surface area contributed by atoms with Crippen LogP contribution in [0, 0.1) is 12.3 Å². The quantitative estimate of drug-likeness (QED) is 0.819. The van der Waals surface area contributed by atoms with Gasteiger partial charge < -0.3 is 5.11 Å². The molecule has 0 bridgehead atoms. The number of piperidine rings is 1. The van der Waals surface area contributed by atoms with Crippen LogP contribution in [-0.2, 0) is 6.42 Å². The van der Waals surface area contributed by atoms with E-state index < -0.39 is 0 Å². The Kier molecular flexibility index (Phi) is 5.44. The Hall–Kier alpha value is -1.30. The number of hydrogen-bond donors (Lipinski definition) is 1. The number of likely N-dealkylation sites (tertiary alicyclic amines) is 1. The minimum absolute atomic E-state index is 0.110. The maximum Gasteiger partial charge on any atom is 0.0564 e. The van der Waals surface area contributed by atoms with Gasteiger partial charge in [-0.1, -0.05) is 30.3 Å². The largest absolute Gasteiger partial charge is 0.393 e. The molecule has 2 nitrogen and oxygen atoms in total. The van der Waals surface area contributed by atoms with Crippen molar-refractivity contribution in [2.75, 3.05) is 13.1 Å². The van der Waals surface area contributed by atoms with Crippen molar-refractivity contribution in [3.63, 3.8) is 0 Å². The zero-order chi connectivity index (χ0) is 13.5. The second-order valence-electron chi connectivity index (χ2n) is 5.35. The van der Waals surface area contributed by atoms with Gasteiger partial charge in [0.1, 0.15) is 0 Å². The molecule has 102 valence electrons. The minimum atomic E-state index is -0.110. The van der Waals surface area contributed by atoms with Gasteiger partial charge >= 0.3 is 0 Å². The molecule has 19 heavy (non-hydrogen) atoms. The molecule has 0 spiro atoms. The van der Waals surface area contributed by atoms with E-state index in [2.05, 4.69) is 41.2 Å². The fourth-order valence-corrected chi connectivity index (χ4v) is 2.80. The number of aliphatic hydroxyl groups is 1. The summed E-state index contributed by atoms with van der Waals surface area (Å²) in [5, 5.41) is 9.62. The topological polar surface area (TPSA) is 23.5 Å². The highest BCUT2D eigenvalue weighted by Gasteiger charge is 2.23. The van der Waals surface area contributed by atoms with E-state index in [1.807, 2.05) is 0 Å². The lowest BCUT2D eigenvalue weighted by Gasteiger charge is -2.36. The van der Waals surface area contributed by atoms with Crippen molar-refractivity contribution >= 4 is 0 Å². The Morgan fingerprint density at radius 2 is 1.95 bits per heavy atom. The molecule has 1 aromatic rings. The number of rotatable bonds is 5. The summed E-state index contributed by atoms with van der Waals surface area (Å²) in [5.74, 6) is 2.76. The van der Waals surface area contributed by atoms with Crippen molar-refractivity contribution < 1.29 is 5.11 Å². The van der Waals surface area contributed by atoms with Crippen molar-refractivity contribution in [2.45, 2.75) is 44.2 Å². The van der Waals surface area contributed by atoms with Gasteiger partial charge in [0.2, 0.25) is 0 Å². The zero-order valence-corrected chi connectivity index (χ0v) is 11.5. The molecule has 1 unspecified atom stereocenters. The summed E-state index contributed by atoms with van der Waals surface area (Å²) in [5.41, 5.74) is 1.37. The van der Waals surface area contributed by atoms with Crippen LogP contribution in [0.5, 0.6) is 0 Å². The molecule has 2 rings (SSSR count). The molecule has 0 saturated carbocycles. The van der Waals surface area contributed by atoms with E-state index in [4.69, 9.17) is 6.42 Å². The van der Waals surface area contributed by atoms with Crippen LogP contribution in [0.25, 0.3) is 0 Å². The van der Waals surface area contributed by atoms with Gasteiger partial charge in [0.05, 0.1) is 6.10 Å². The lowest BCUT2D eigenvalue weighted by Crippen LogP contribution is -2.43. The molecular formula is C17H23NO. The van der Waals surface area contributed by atoms with E-state index in [0.717, 1.165) is 45.2 Å². The summed E-state index contributed by atoms with van der Waals surface area (Å²) in [7, 11) is 0. The van der Waals surface area contributed by atoms with Crippen LogP contribution in [0.4, 0.5) is 0 Å². The summed E-state index contributed by atoms with van der Waals surface area (Å²) in [6.45, 7) is 1.98. The number of hydrogen-bond acceptors (Lipinski definition) is 2. The molecule has 2 heteroatoms. The first-order chi connectivity index (χ1) is 9.29. The van der Waals surface area contributed by atoms with E-state index in [0.29, 0.717) is 6.04 Å². The van der Waals surface area contributed by atoms with Gasteiger partial charge in [-0.3, -0.25) is 4.90 Å². The van der Waals surface area contributed by atoms with E-state index >= 15 is 0 Å². The summed E-state index contributed by atoms with van der Waals surface area (Å²) in [6, 6.07) is 11.1. The van der Waals surface area contributed by atoms with Crippen LogP contribution in [0.3, 0.4) is 0 Å². The van der Waals surface area contributed by atoms with Gasteiger partial charge in [-0.25, -0.2) is 0 Å². The maximum atomic E-state index is 9.62. The maximum absolute atomic E-state index is 9.62. The van der Waals surface area contributed by atoms with Gasteiger partial charge in [0, 0.05) is 25.6 Å². The van der Waals surface area contributed by atoms with Gasteiger partial charge in [0.25, 0.3) is 0 Å². The van der Waals surface area contributed by atoms with Gasteiger partial charge in [0.15, 0.2) is 0 Å². The molecule has 0 aromatic heterocycles. The Labute approximate surface area is 116 Å². The van der Waals surface area contributed by atoms with Crippen LogP contribution in [-0.4, -0.2) is 35.2 Å². The van der Waals surface area contributed by atoms with Crippen molar-refractivity contribution in [2.24, 2.45) is 0 Å². The summed E-state index contributed by atoms with van der Waals surface area (Å²) in [6.07, 6.45) is 10.0. The molecule has 0 aliphatic carbocycles. The number of aliphatic hydroxyl groups excluding tert-OH is 1. The average molecular weight is 257 g/mol. The first kappa shape index (κ1) is 14.1. The van der Waals surface area contributed by atoms with Crippen LogP contribution in [0.2, 0.25) is 0 Å². The van der Waals surface area contributed by atoms with Crippen LogP contribution < -0.4 is 0 Å². The van der Waals surface area contributed by atoms with Gasteiger partial charge in [-0.15, -0.1) is 12.3 Å². The summed E-state index contributed by atoms with van der Waals surface area (Å²) >= 11 is 0. The predicted octanol–water partition coefficient (Wildman–Crippen LogP) is 2.47. The average Bonchev–Trinajstić information content (AvgIpc) is 2.45. The minimum Gasteiger partial charge on any atom is -0.393 e. The summed E-state index contributed by atoms with van der Waals surface area (Å²) in [4.78, 5) is 2.50. The number of terminal acetylenes is 1. The molecule has 0 radical (unpaired) electrons. The van der Waals surface area contributed by atoms with Gasteiger partial charge in [-0.05, 0) is 31.2 Å². The van der Waals surface area contributed by atoms with E-state index in [9.17, 15) is 5.11 Å². The van der Waals surface area contributed by atoms with Gasteiger partial charge in [-0.2, -0.15) is 0 Å². The number of benzene rings is 1. The Balaban J connectivity index is 1.97. The molecule has 1 fully saturated rings. The zero-order valence-electron chi connectivity index (χ0n) is 11.5. The first-order valence-electron chi connectivity index (χ1n) is 7.19. The van der Waals surface area contributed by atoms with E-state index in [1.54, 1.807) is 0 Å². The third-order valence-electron chi connectivity index (χ3n) is 3.95. The highest BCUT2D eigenvalue weighted by molar-refractivity contribution is 5.16. The fourth-order valence-electron chi connectivity index (χ4n) is 2.80. The third-order valence-corrected chi connectivity index (χ3v) is 3.95. The van der Waals surface area contributed by atoms with Crippen molar-refractivity contribution in [1.29, 1.82) is 0 Å². The Morgan fingerprint density at radius 1 is 1.26 bits per heavy atom. The first-order valence-corrected chi connectivity index (χ1v) is 7.19. The Morgan fingerprint density at radius 3 is 2.58 bits per heavy atom. The van der Waals surface area contributed by atoms with E-state index in [1.165, 1.54) is 5.56 Å². The van der Waals surface area contributed by atoms with Crippen LogP contribution in [0.1, 0.15) is 31.2 Å². The second-order valence-corrected chi connectivity index (χ2v) is 5.35. The molecule has 1 atom stereocenters. The van der Waals surface area contributed by atoms with E-state index in [-0.39, 0.29) is 6.10 Å².